The molecule has 3 aromatic carbocycles. The summed E-state index contributed by atoms with van der Waals surface area (Å²) in [5.41, 5.74) is 3.87. The number of carbonyl (C=O) groups excluding carboxylic acids is 1. The summed E-state index contributed by atoms with van der Waals surface area (Å²) >= 11 is 1.44. The first kappa shape index (κ1) is 26.3. The van der Waals surface area contributed by atoms with Gasteiger partial charge in [-0.3, -0.25) is 9.69 Å². The minimum absolute atomic E-state index is 0.0184. The number of rotatable bonds is 7. The largest absolute Gasteiger partial charge is 0.493 e. The van der Waals surface area contributed by atoms with Crippen molar-refractivity contribution in [3.8, 4) is 23.0 Å². The van der Waals surface area contributed by atoms with Crippen molar-refractivity contribution in [3.05, 3.63) is 82.3 Å². The minimum Gasteiger partial charge on any atom is -0.493 e. The second-order valence-corrected chi connectivity index (χ2v) is 11.2. The van der Waals surface area contributed by atoms with Crippen molar-refractivity contribution in [2.45, 2.75) is 51.7 Å². The Bertz CT molecular complexity index is 1460. The third-order valence-electron chi connectivity index (χ3n) is 7.35. The quantitative estimate of drug-likeness (QED) is 0.286. The monoisotopic (exact) mass is 556 g/mol. The Morgan fingerprint density at radius 3 is 2.58 bits per heavy atom. The number of aliphatic imine (C=N–C) groups is 1. The molecule has 1 aliphatic carbocycles. The average Bonchev–Trinajstić information content (AvgIpc) is 3.57. The van der Waals surface area contributed by atoms with E-state index in [1.165, 1.54) is 23.7 Å². The Morgan fingerprint density at radius 2 is 1.77 bits per heavy atom. The first-order valence-corrected chi connectivity index (χ1v) is 14.5. The lowest BCUT2D eigenvalue weighted by molar-refractivity contribution is -0.124. The van der Waals surface area contributed by atoms with Gasteiger partial charge in [0.2, 0.25) is 6.79 Å². The standard InChI is InChI=1S/C32H32N2O5S/c1-21-8-12-24(13-9-21)33-32-34(25-6-4-3-5-7-25)31(35)30(40-32)18-22-10-14-26(28(16-22)36-2)37-19-23-11-15-27-29(17-23)39-20-38-27/h8-18,25H,3-7,19-20H2,1-2H3/b30-18+,33-32?. The lowest BCUT2D eigenvalue weighted by Crippen LogP contribution is -2.40. The maximum absolute atomic E-state index is 13.7. The second-order valence-electron chi connectivity index (χ2n) is 10.2. The highest BCUT2D eigenvalue weighted by molar-refractivity contribution is 8.18. The number of hydrogen-bond donors (Lipinski definition) is 0. The molecule has 1 saturated heterocycles. The highest BCUT2D eigenvalue weighted by atomic mass is 32.2. The van der Waals surface area contributed by atoms with Gasteiger partial charge in [-0.15, -0.1) is 0 Å². The molecule has 0 aromatic heterocycles. The summed E-state index contributed by atoms with van der Waals surface area (Å²) in [5.74, 6) is 2.71. The third kappa shape index (κ3) is 5.68. The van der Waals surface area contributed by atoms with E-state index >= 15 is 0 Å². The van der Waals surface area contributed by atoms with E-state index in [0.29, 0.717) is 23.0 Å². The van der Waals surface area contributed by atoms with E-state index in [2.05, 4.69) is 6.92 Å². The van der Waals surface area contributed by atoms with E-state index in [0.717, 1.165) is 59.2 Å². The van der Waals surface area contributed by atoms with E-state index in [9.17, 15) is 4.79 Å². The van der Waals surface area contributed by atoms with Crippen molar-refractivity contribution in [1.29, 1.82) is 0 Å². The SMILES string of the molecule is COc1cc(/C=C2/SC(=Nc3ccc(C)cc3)N(C3CCCCC3)C2=O)ccc1OCc1ccc2c(c1)OCO2. The molecular weight excluding hydrogens is 524 g/mol. The van der Waals surface area contributed by atoms with E-state index in [4.69, 9.17) is 23.9 Å². The molecule has 0 bridgehead atoms. The van der Waals surface area contributed by atoms with E-state index < -0.39 is 0 Å². The number of nitrogens with zero attached hydrogens (tertiary/aromatic N) is 2. The minimum atomic E-state index is 0.0184. The molecule has 0 radical (unpaired) electrons. The lowest BCUT2D eigenvalue weighted by Gasteiger charge is -2.30. The van der Waals surface area contributed by atoms with Crippen molar-refractivity contribution >= 4 is 34.6 Å². The van der Waals surface area contributed by atoms with Crippen LogP contribution in [0.25, 0.3) is 6.08 Å². The van der Waals surface area contributed by atoms with Gasteiger partial charge in [0, 0.05) is 6.04 Å². The number of carbonyl (C=O) groups is 1. The van der Waals surface area contributed by atoms with E-state index in [1.54, 1.807) is 7.11 Å². The van der Waals surface area contributed by atoms with Crippen molar-refractivity contribution in [3.63, 3.8) is 0 Å². The molecule has 2 heterocycles. The number of thioether (sulfide) groups is 1. The van der Waals surface area contributed by atoms with Crippen LogP contribution in [0.5, 0.6) is 23.0 Å². The molecule has 0 unspecified atom stereocenters. The molecule has 206 valence electrons. The summed E-state index contributed by atoms with van der Waals surface area (Å²) in [6, 6.07) is 19.8. The number of methoxy groups -OCH3 is 1. The summed E-state index contributed by atoms with van der Waals surface area (Å²) in [7, 11) is 1.62. The van der Waals surface area contributed by atoms with Crippen LogP contribution in [-0.2, 0) is 11.4 Å². The Hall–Kier alpha value is -3.91. The second kappa shape index (κ2) is 11.7. The average molecular weight is 557 g/mol. The van der Waals surface area contributed by atoms with Crippen LogP contribution in [0, 0.1) is 6.92 Å². The molecule has 1 amide bonds. The number of benzene rings is 3. The van der Waals surface area contributed by atoms with Crippen LogP contribution in [0.1, 0.15) is 48.8 Å². The number of hydrogen-bond acceptors (Lipinski definition) is 7. The molecule has 7 nitrogen and oxygen atoms in total. The zero-order valence-electron chi connectivity index (χ0n) is 22.7. The van der Waals surface area contributed by atoms with Crippen molar-refractivity contribution in [2.24, 2.45) is 4.99 Å². The van der Waals surface area contributed by atoms with Gasteiger partial charge in [-0.2, -0.15) is 0 Å². The number of fused-ring (bicyclic) bond motifs is 1. The number of amidine groups is 1. The van der Waals surface area contributed by atoms with Gasteiger partial charge >= 0.3 is 0 Å². The molecule has 2 aliphatic heterocycles. The van der Waals surface area contributed by atoms with Gasteiger partial charge in [0.1, 0.15) is 6.61 Å². The topological polar surface area (TPSA) is 69.6 Å². The molecule has 40 heavy (non-hydrogen) atoms. The highest BCUT2D eigenvalue weighted by Gasteiger charge is 2.38. The number of amides is 1. The van der Waals surface area contributed by atoms with Gasteiger partial charge in [-0.1, -0.05) is 49.1 Å². The predicted octanol–water partition coefficient (Wildman–Crippen LogP) is 7.25. The van der Waals surface area contributed by atoms with Gasteiger partial charge < -0.3 is 18.9 Å². The maximum Gasteiger partial charge on any atom is 0.267 e. The van der Waals surface area contributed by atoms with Crippen LogP contribution in [0.15, 0.2) is 70.6 Å². The molecule has 1 saturated carbocycles. The third-order valence-corrected chi connectivity index (χ3v) is 8.34. The maximum atomic E-state index is 13.7. The van der Waals surface area contributed by atoms with Gasteiger partial charge in [0.25, 0.3) is 5.91 Å². The fourth-order valence-electron chi connectivity index (χ4n) is 5.19. The molecule has 3 aromatic rings. The number of ether oxygens (including phenoxy) is 4. The van der Waals surface area contributed by atoms with Crippen molar-refractivity contribution in [1.82, 2.24) is 4.90 Å². The summed E-state index contributed by atoms with van der Waals surface area (Å²) in [6.45, 7) is 2.65. The fourth-order valence-corrected chi connectivity index (χ4v) is 6.25. The normalized spacial score (nSPS) is 19.1. The Morgan fingerprint density at radius 1 is 0.975 bits per heavy atom. The molecular formula is C32H32N2O5S. The fraction of sp³-hybridized carbons (Fsp3) is 0.312. The number of aryl methyl sites for hydroxylation is 1. The summed E-state index contributed by atoms with van der Waals surface area (Å²) < 4.78 is 22.6. The summed E-state index contributed by atoms with van der Waals surface area (Å²) in [4.78, 5) is 21.2. The van der Waals surface area contributed by atoms with Crippen LogP contribution in [0.2, 0.25) is 0 Å². The molecule has 2 fully saturated rings. The smallest absolute Gasteiger partial charge is 0.267 e. The zero-order valence-corrected chi connectivity index (χ0v) is 23.5. The molecule has 0 spiro atoms. The Kier molecular flexibility index (Phi) is 7.68. The first-order valence-electron chi connectivity index (χ1n) is 13.7. The van der Waals surface area contributed by atoms with Gasteiger partial charge in [0.05, 0.1) is 17.7 Å². The lowest BCUT2D eigenvalue weighted by atomic mass is 9.94. The van der Waals surface area contributed by atoms with Gasteiger partial charge in [-0.05, 0) is 85.1 Å². The Balaban J connectivity index is 1.23. The van der Waals surface area contributed by atoms with Crippen molar-refractivity contribution in [2.75, 3.05) is 13.9 Å². The van der Waals surface area contributed by atoms with Crippen LogP contribution in [0.4, 0.5) is 5.69 Å². The van der Waals surface area contributed by atoms with Crippen molar-refractivity contribution < 1.29 is 23.7 Å². The molecule has 3 aliphatic rings. The van der Waals surface area contributed by atoms with Gasteiger partial charge in [0.15, 0.2) is 28.2 Å². The summed E-state index contributed by atoms with van der Waals surface area (Å²) in [5, 5.41) is 0.752. The Labute approximate surface area is 238 Å². The first-order chi connectivity index (χ1) is 19.6. The van der Waals surface area contributed by atoms with Crippen LogP contribution >= 0.6 is 11.8 Å². The van der Waals surface area contributed by atoms with E-state index in [1.807, 2.05) is 71.6 Å². The highest BCUT2D eigenvalue weighted by Crippen LogP contribution is 2.40. The van der Waals surface area contributed by atoms with Crippen LogP contribution in [0.3, 0.4) is 0 Å². The van der Waals surface area contributed by atoms with E-state index in [-0.39, 0.29) is 18.7 Å². The summed E-state index contributed by atoms with van der Waals surface area (Å²) in [6.07, 6.45) is 7.44. The zero-order chi connectivity index (χ0) is 27.5. The molecule has 8 heteroatoms. The van der Waals surface area contributed by atoms with Gasteiger partial charge in [-0.25, -0.2) is 4.99 Å². The van der Waals surface area contributed by atoms with Crippen LogP contribution in [-0.4, -0.2) is 35.9 Å². The predicted molar refractivity (Wildman–Crippen MR) is 157 cm³/mol. The molecule has 0 N–H and O–H groups in total. The van der Waals surface area contributed by atoms with Crippen LogP contribution < -0.4 is 18.9 Å². The molecule has 0 atom stereocenters. The molecule has 6 rings (SSSR count).